The highest BCUT2D eigenvalue weighted by Gasteiger charge is 2.25. The number of hydrogen-bond donors (Lipinski definition) is 2. The van der Waals surface area contributed by atoms with E-state index in [0.29, 0.717) is 17.1 Å². The first-order valence-corrected chi connectivity index (χ1v) is 6.67. The van der Waals surface area contributed by atoms with Crippen LogP contribution in [0.3, 0.4) is 0 Å². The molecule has 2 unspecified atom stereocenters. The van der Waals surface area contributed by atoms with Gasteiger partial charge in [0.2, 0.25) is 0 Å². The number of aliphatic hydroxyl groups is 2. The van der Waals surface area contributed by atoms with Crippen molar-refractivity contribution in [1.29, 1.82) is 0 Å². The Kier molecular flexibility index (Phi) is 6.12. The second kappa shape index (κ2) is 7.36. The van der Waals surface area contributed by atoms with Crippen molar-refractivity contribution in [3.8, 4) is 11.5 Å². The molecule has 1 rings (SSSR count). The van der Waals surface area contributed by atoms with Crippen LogP contribution in [0.1, 0.15) is 38.4 Å². The van der Waals surface area contributed by atoms with E-state index in [9.17, 15) is 10.2 Å². The van der Waals surface area contributed by atoms with Crippen LogP contribution in [0.4, 0.5) is 0 Å². The molecule has 0 saturated carbocycles. The normalized spacial score (nSPS) is 14.3. The maximum Gasteiger partial charge on any atom is 0.161 e. The quantitative estimate of drug-likeness (QED) is 0.798. The Bertz CT molecular complexity index is 388. The Labute approximate surface area is 115 Å². The number of aliphatic hydroxyl groups excluding tert-OH is 2. The Morgan fingerprint density at radius 2 is 1.58 bits per heavy atom. The van der Waals surface area contributed by atoms with Crippen LogP contribution in [0.5, 0.6) is 11.5 Å². The summed E-state index contributed by atoms with van der Waals surface area (Å²) in [6.45, 7) is 4.03. The number of rotatable bonds is 7. The summed E-state index contributed by atoms with van der Waals surface area (Å²) in [7, 11) is 3.11. The van der Waals surface area contributed by atoms with Crippen molar-refractivity contribution in [2.24, 2.45) is 5.92 Å². The first-order chi connectivity index (χ1) is 9.08. The number of benzene rings is 1. The van der Waals surface area contributed by atoms with Gasteiger partial charge in [-0.15, -0.1) is 0 Å². The molecule has 0 heterocycles. The zero-order valence-corrected chi connectivity index (χ0v) is 12.1. The summed E-state index contributed by atoms with van der Waals surface area (Å²) in [6, 6.07) is 5.18. The van der Waals surface area contributed by atoms with Gasteiger partial charge in [-0.05, 0) is 23.6 Å². The molecule has 0 spiro atoms. The maximum atomic E-state index is 10.3. The predicted octanol–water partition coefficient (Wildman–Crippen LogP) is 2.53. The monoisotopic (exact) mass is 268 g/mol. The van der Waals surface area contributed by atoms with Gasteiger partial charge < -0.3 is 19.7 Å². The summed E-state index contributed by atoms with van der Waals surface area (Å²) in [6.07, 6.45) is -0.0119. The summed E-state index contributed by atoms with van der Waals surface area (Å²) >= 11 is 0. The van der Waals surface area contributed by atoms with Gasteiger partial charge in [-0.2, -0.15) is 0 Å². The minimum atomic E-state index is -0.912. The molecule has 0 aliphatic rings. The van der Waals surface area contributed by atoms with Crippen LogP contribution in [0, 0.1) is 5.92 Å². The van der Waals surface area contributed by atoms with Crippen molar-refractivity contribution in [2.45, 2.75) is 38.9 Å². The minimum Gasteiger partial charge on any atom is -0.493 e. The third-order valence-corrected chi connectivity index (χ3v) is 3.60. The van der Waals surface area contributed by atoms with Crippen LogP contribution in [0.25, 0.3) is 0 Å². The molecule has 0 saturated heterocycles. The molecule has 0 bridgehead atoms. The van der Waals surface area contributed by atoms with E-state index in [1.165, 1.54) is 0 Å². The lowest BCUT2D eigenvalue weighted by Crippen LogP contribution is -2.27. The maximum absolute atomic E-state index is 10.3. The molecule has 0 fully saturated rings. The van der Waals surface area contributed by atoms with E-state index in [1.807, 2.05) is 13.8 Å². The second-order valence-electron chi connectivity index (χ2n) is 4.63. The van der Waals surface area contributed by atoms with Crippen molar-refractivity contribution in [3.63, 3.8) is 0 Å². The smallest absolute Gasteiger partial charge is 0.161 e. The standard InChI is InChI=1S/C15H24O4/c1-5-10(6-2)14(16)15(17)11-7-8-12(18-3)13(9-11)19-4/h7-10,14-17H,5-6H2,1-4H3. The van der Waals surface area contributed by atoms with E-state index in [1.54, 1.807) is 32.4 Å². The van der Waals surface area contributed by atoms with Gasteiger partial charge >= 0.3 is 0 Å². The average molecular weight is 268 g/mol. The summed E-state index contributed by atoms with van der Waals surface area (Å²) in [4.78, 5) is 0. The fourth-order valence-corrected chi connectivity index (χ4v) is 2.26. The molecule has 2 N–H and O–H groups in total. The number of hydrogen-bond acceptors (Lipinski definition) is 4. The van der Waals surface area contributed by atoms with Crippen molar-refractivity contribution >= 4 is 0 Å². The third-order valence-electron chi connectivity index (χ3n) is 3.60. The summed E-state index contributed by atoms with van der Waals surface area (Å²) < 4.78 is 10.4. The van der Waals surface area contributed by atoms with Crippen molar-refractivity contribution in [3.05, 3.63) is 23.8 Å². The predicted molar refractivity (Wildman–Crippen MR) is 74.6 cm³/mol. The lowest BCUT2D eigenvalue weighted by atomic mass is 9.89. The molecular formula is C15H24O4. The molecule has 0 aliphatic heterocycles. The summed E-state index contributed by atoms with van der Waals surface area (Å²) in [5.74, 6) is 1.24. The molecule has 0 aliphatic carbocycles. The Morgan fingerprint density at radius 3 is 2.05 bits per heavy atom. The summed E-state index contributed by atoms with van der Waals surface area (Å²) in [5, 5.41) is 20.5. The molecule has 0 amide bonds. The number of methoxy groups -OCH3 is 2. The van der Waals surface area contributed by atoms with Gasteiger partial charge in [-0.25, -0.2) is 0 Å². The van der Waals surface area contributed by atoms with Gasteiger partial charge in [0.1, 0.15) is 6.10 Å². The van der Waals surface area contributed by atoms with Crippen LogP contribution in [0.15, 0.2) is 18.2 Å². The molecular weight excluding hydrogens is 244 g/mol. The Morgan fingerprint density at radius 1 is 1.00 bits per heavy atom. The molecule has 1 aromatic rings. The van der Waals surface area contributed by atoms with Crippen LogP contribution >= 0.6 is 0 Å². The van der Waals surface area contributed by atoms with E-state index in [0.717, 1.165) is 12.8 Å². The highest BCUT2D eigenvalue weighted by molar-refractivity contribution is 5.43. The van der Waals surface area contributed by atoms with Crippen LogP contribution < -0.4 is 9.47 Å². The van der Waals surface area contributed by atoms with E-state index < -0.39 is 12.2 Å². The lowest BCUT2D eigenvalue weighted by Gasteiger charge is -2.25. The molecule has 108 valence electrons. The second-order valence-corrected chi connectivity index (χ2v) is 4.63. The molecule has 19 heavy (non-hydrogen) atoms. The van der Waals surface area contributed by atoms with Gasteiger partial charge in [-0.3, -0.25) is 0 Å². The van der Waals surface area contributed by atoms with Gasteiger partial charge in [0.05, 0.1) is 20.3 Å². The van der Waals surface area contributed by atoms with Crippen LogP contribution in [0.2, 0.25) is 0 Å². The molecule has 4 nitrogen and oxygen atoms in total. The van der Waals surface area contributed by atoms with Gasteiger partial charge in [0.25, 0.3) is 0 Å². The molecule has 4 heteroatoms. The zero-order valence-electron chi connectivity index (χ0n) is 12.1. The molecule has 2 atom stereocenters. The first-order valence-electron chi connectivity index (χ1n) is 6.67. The SMILES string of the molecule is CCC(CC)C(O)C(O)c1ccc(OC)c(OC)c1. The van der Waals surface area contributed by atoms with E-state index in [-0.39, 0.29) is 5.92 Å². The van der Waals surface area contributed by atoms with Crippen molar-refractivity contribution in [2.75, 3.05) is 14.2 Å². The van der Waals surface area contributed by atoms with Crippen LogP contribution in [-0.4, -0.2) is 30.5 Å². The van der Waals surface area contributed by atoms with Gasteiger partial charge in [0.15, 0.2) is 11.5 Å². The van der Waals surface area contributed by atoms with E-state index >= 15 is 0 Å². The highest BCUT2D eigenvalue weighted by Crippen LogP contribution is 2.33. The molecule has 0 radical (unpaired) electrons. The Balaban J connectivity index is 2.96. The fraction of sp³-hybridized carbons (Fsp3) is 0.600. The largest absolute Gasteiger partial charge is 0.493 e. The van der Waals surface area contributed by atoms with Gasteiger partial charge in [0, 0.05) is 0 Å². The van der Waals surface area contributed by atoms with Gasteiger partial charge in [-0.1, -0.05) is 32.8 Å². The molecule has 1 aromatic carbocycles. The highest BCUT2D eigenvalue weighted by atomic mass is 16.5. The zero-order chi connectivity index (χ0) is 14.4. The van der Waals surface area contributed by atoms with Crippen molar-refractivity contribution < 1.29 is 19.7 Å². The summed E-state index contributed by atoms with van der Waals surface area (Å²) in [5.41, 5.74) is 0.636. The minimum absolute atomic E-state index is 0.0862. The van der Waals surface area contributed by atoms with E-state index in [2.05, 4.69) is 0 Å². The Hall–Kier alpha value is -1.26. The number of ether oxygens (including phenoxy) is 2. The molecule has 0 aromatic heterocycles. The van der Waals surface area contributed by atoms with Crippen molar-refractivity contribution in [1.82, 2.24) is 0 Å². The van der Waals surface area contributed by atoms with E-state index in [4.69, 9.17) is 9.47 Å². The lowest BCUT2D eigenvalue weighted by molar-refractivity contribution is -0.0210. The first kappa shape index (κ1) is 15.8. The van der Waals surface area contributed by atoms with Crippen LogP contribution in [-0.2, 0) is 0 Å². The average Bonchev–Trinajstić information content (AvgIpc) is 2.46. The fourth-order valence-electron chi connectivity index (χ4n) is 2.26. The third kappa shape index (κ3) is 3.61. The topological polar surface area (TPSA) is 58.9 Å².